The molecular formula is C5H16N2+2. The van der Waals surface area contributed by atoms with Crippen LogP contribution in [0.3, 0.4) is 0 Å². The van der Waals surface area contributed by atoms with Crippen LogP contribution in [0.5, 0.6) is 0 Å². The van der Waals surface area contributed by atoms with Crippen LogP contribution in [0.25, 0.3) is 0 Å². The van der Waals surface area contributed by atoms with E-state index in [-0.39, 0.29) is 0 Å². The lowest BCUT2D eigenvalue weighted by Gasteiger charge is -2.21. The topological polar surface area (TPSA) is 27.6 Å². The van der Waals surface area contributed by atoms with Crippen LogP contribution in [-0.2, 0) is 0 Å². The number of quaternary nitrogens is 2. The largest absolute Gasteiger partial charge is 0.353 e. The highest BCUT2D eigenvalue weighted by Gasteiger charge is 2.03. The van der Waals surface area contributed by atoms with Crippen LogP contribution in [0.15, 0.2) is 0 Å². The van der Waals surface area contributed by atoms with E-state index >= 15 is 0 Å². The minimum atomic E-state index is 1.03. The summed E-state index contributed by atoms with van der Waals surface area (Å²) in [6, 6.07) is 0. The third kappa shape index (κ3) is 5.92. The standard InChI is InChI=1S/C5H15N2/c1-7(2,3)5-4-6/h4-6H2,1-3H3/q+1/p+1. The van der Waals surface area contributed by atoms with E-state index in [9.17, 15) is 0 Å². The Kier molecular flexibility index (Phi) is 2.26. The van der Waals surface area contributed by atoms with Gasteiger partial charge in [0, 0.05) is 0 Å². The van der Waals surface area contributed by atoms with Gasteiger partial charge in [-0.1, -0.05) is 0 Å². The predicted octanol–water partition coefficient (Wildman–Crippen LogP) is -1.07. The molecule has 0 fully saturated rings. The Morgan fingerprint density at radius 2 is 1.71 bits per heavy atom. The molecule has 0 aliphatic heterocycles. The summed E-state index contributed by atoms with van der Waals surface area (Å²) in [4.78, 5) is 0. The van der Waals surface area contributed by atoms with Crippen molar-refractivity contribution >= 4 is 0 Å². The molecule has 0 amide bonds. The first-order chi connectivity index (χ1) is 3.06. The Hall–Kier alpha value is -0.0800. The van der Waals surface area contributed by atoms with Crippen molar-refractivity contribution in [2.24, 2.45) is 0 Å². The molecule has 0 heterocycles. The van der Waals surface area contributed by atoms with Gasteiger partial charge in [-0.15, -0.1) is 0 Å². The van der Waals surface area contributed by atoms with E-state index in [4.69, 9.17) is 0 Å². The molecule has 0 aromatic rings. The lowest BCUT2D eigenvalue weighted by atomic mass is 10.5. The number of hydrogen-bond donors (Lipinski definition) is 1. The van der Waals surface area contributed by atoms with Crippen LogP contribution in [0.1, 0.15) is 0 Å². The highest BCUT2D eigenvalue weighted by atomic mass is 15.3. The fourth-order valence-corrected chi connectivity index (χ4v) is 0.474. The van der Waals surface area contributed by atoms with Crippen molar-refractivity contribution in [2.45, 2.75) is 0 Å². The van der Waals surface area contributed by atoms with Gasteiger partial charge in [0.05, 0.1) is 21.1 Å². The fourth-order valence-electron chi connectivity index (χ4n) is 0.474. The van der Waals surface area contributed by atoms with E-state index in [1.807, 2.05) is 0 Å². The van der Waals surface area contributed by atoms with Crippen molar-refractivity contribution in [1.29, 1.82) is 0 Å². The third-order valence-electron chi connectivity index (χ3n) is 0.829. The van der Waals surface area contributed by atoms with Crippen molar-refractivity contribution < 1.29 is 10.2 Å². The maximum Gasteiger partial charge on any atom is 0.128 e. The Balaban J connectivity index is 3.15. The molecule has 0 aromatic carbocycles. The van der Waals surface area contributed by atoms with Crippen LogP contribution in [0, 0.1) is 0 Å². The minimum Gasteiger partial charge on any atom is -0.353 e. The predicted molar refractivity (Wildman–Crippen MR) is 30.7 cm³/mol. The van der Waals surface area contributed by atoms with Gasteiger partial charge in [0.25, 0.3) is 0 Å². The third-order valence-corrected chi connectivity index (χ3v) is 0.829. The van der Waals surface area contributed by atoms with Crippen molar-refractivity contribution in [3.63, 3.8) is 0 Å². The monoisotopic (exact) mass is 104 g/mol. The van der Waals surface area contributed by atoms with Gasteiger partial charge in [-0.3, -0.25) is 0 Å². The van der Waals surface area contributed by atoms with Gasteiger partial charge >= 0.3 is 0 Å². The zero-order valence-corrected chi connectivity index (χ0v) is 5.57. The van der Waals surface area contributed by atoms with Gasteiger partial charge in [0.1, 0.15) is 13.1 Å². The normalized spacial score (nSPS) is 12.0. The molecule has 44 valence electrons. The number of nitrogens with zero attached hydrogens (tertiary/aromatic N) is 1. The SMILES string of the molecule is C[N+](C)(C)CC[NH3+]. The molecule has 0 saturated heterocycles. The van der Waals surface area contributed by atoms with Crippen molar-refractivity contribution in [3.8, 4) is 0 Å². The van der Waals surface area contributed by atoms with E-state index < -0.39 is 0 Å². The number of rotatable bonds is 2. The van der Waals surface area contributed by atoms with Gasteiger partial charge in [0.15, 0.2) is 0 Å². The van der Waals surface area contributed by atoms with Gasteiger partial charge < -0.3 is 10.2 Å². The maximum atomic E-state index is 3.76. The molecule has 0 aliphatic rings. The quantitative estimate of drug-likeness (QED) is 0.432. The first-order valence-electron chi connectivity index (χ1n) is 2.66. The summed E-state index contributed by atoms with van der Waals surface area (Å²) >= 11 is 0. The zero-order chi connectivity index (χ0) is 5.91. The van der Waals surface area contributed by atoms with E-state index in [1.54, 1.807) is 0 Å². The molecule has 3 N–H and O–H groups in total. The first-order valence-corrected chi connectivity index (χ1v) is 2.66. The highest BCUT2D eigenvalue weighted by Crippen LogP contribution is 1.83. The van der Waals surface area contributed by atoms with E-state index in [0.717, 1.165) is 11.0 Å². The summed E-state index contributed by atoms with van der Waals surface area (Å²) in [5, 5.41) is 0. The molecule has 0 bridgehead atoms. The second-order valence-corrected chi connectivity index (χ2v) is 2.87. The fraction of sp³-hybridized carbons (Fsp3) is 1.00. The molecule has 2 nitrogen and oxygen atoms in total. The highest BCUT2D eigenvalue weighted by molar-refractivity contribution is 4.17. The number of hydrogen-bond acceptors (Lipinski definition) is 0. The molecule has 0 saturated carbocycles. The van der Waals surface area contributed by atoms with E-state index in [0.29, 0.717) is 0 Å². The molecule has 0 atom stereocenters. The Morgan fingerprint density at radius 1 is 1.29 bits per heavy atom. The van der Waals surface area contributed by atoms with Crippen LogP contribution in [-0.4, -0.2) is 38.7 Å². The molecule has 0 aromatic heterocycles. The summed E-state index contributed by atoms with van der Waals surface area (Å²) in [5.41, 5.74) is 3.76. The first kappa shape index (κ1) is 6.92. The summed E-state index contributed by atoms with van der Waals surface area (Å²) < 4.78 is 1.03. The van der Waals surface area contributed by atoms with Crippen LogP contribution < -0.4 is 5.73 Å². The summed E-state index contributed by atoms with van der Waals surface area (Å²) in [7, 11) is 6.52. The van der Waals surface area contributed by atoms with Crippen LogP contribution in [0.4, 0.5) is 0 Å². The zero-order valence-electron chi connectivity index (χ0n) is 5.57. The van der Waals surface area contributed by atoms with E-state index in [1.165, 1.54) is 6.54 Å². The lowest BCUT2D eigenvalue weighted by molar-refractivity contribution is -0.875. The second-order valence-electron chi connectivity index (χ2n) is 2.87. The van der Waals surface area contributed by atoms with Crippen molar-refractivity contribution in [3.05, 3.63) is 0 Å². The Bertz CT molecular complexity index is 44.5. The van der Waals surface area contributed by atoms with Gasteiger partial charge in [-0.25, -0.2) is 0 Å². The van der Waals surface area contributed by atoms with Crippen molar-refractivity contribution in [2.75, 3.05) is 34.2 Å². The van der Waals surface area contributed by atoms with Crippen LogP contribution >= 0.6 is 0 Å². The lowest BCUT2D eigenvalue weighted by Crippen LogP contribution is -2.57. The van der Waals surface area contributed by atoms with Gasteiger partial charge in [-0.2, -0.15) is 0 Å². The van der Waals surface area contributed by atoms with Crippen LogP contribution in [0.2, 0.25) is 0 Å². The Morgan fingerprint density at radius 3 is 1.71 bits per heavy atom. The number of likely N-dealkylation sites (N-methyl/N-ethyl adjacent to an activating group) is 1. The molecule has 0 unspecified atom stereocenters. The van der Waals surface area contributed by atoms with Crippen molar-refractivity contribution in [1.82, 2.24) is 0 Å². The van der Waals surface area contributed by atoms with Gasteiger partial charge in [-0.05, 0) is 0 Å². The molecular weight excluding hydrogens is 88.1 g/mol. The summed E-state index contributed by atoms with van der Waals surface area (Å²) in [6.07, 6.45) is 0. The molecule has 0 rings (SSSR count). The summed E-state index contributed by atoms with van der Waals surface area (Å²) in [6.45, 7) is 2.20. The molecule has 0 radical (unpaired) electrons. The average molecular weight is 104 g/mol. The molecule has 7 heavy (non-hydrogen) atoms. The molecule has 0 spiro atoms. The minimum absolute atomic E-state index is 1.03. The summed E-state index contributed by atoms with van der Waals surface area (Å²) in [5.74, 6) is 0. The van der Waals surface area contributed by atoms with Gasteiger partial charge in [0.2, 0.25) is 0 Å². The average Bonchev–Trinajstić information content (AvgIpc) is 1.30. The smallest absolute Gasteiger partial charge is 0.128 e. The molecule has 2 heteroatoms. The Labute approximate surface area is 45.5 Å². The van der Waals surface area contributed by atoms with E-state index in [2.05, 4.69) is 26.9 Å². The second kappa shape index (κ2) is 2.28. The molecule has 0 aliphatic carbocycles. The maximum absolute atomic E-state index is 3.76.